The molecule has 0 aliphatic rings. The van der Waals surface area contributed by atoms with Crippen LogP contribution in [0.4, 0.5) is 0 Å². The predicted octanol–water partition coefficient (Wildman–Crippen LogP) is 2.42. The number of rotatable bonds is 0. The van der Waals surface area contributed by atoms with Crippen LogP contribution in [-0.4, -0.2) is 23.5 Å². The molecule has 0 spiro atoms. The lowest BCUT2D eigenvalue weighted by molar-refractivity contribution is -0.191. The highest BCUT2D eigenvalue weighted by Gasteiger charge is 1.65. The molecular weight excluding hydrogens is 202 g/mol. The quantitative estimate of drug-likeness (QED) is 0.614. The van der Waals surface area contributed by atoms with E-state index in [-0.39, 0.29) is 42.0 Å². The number of carboxylic acid groups (broad SMARTS) is 1. The van der Waals surface area contributed by atoms with E-state index in [1.54, 1.807) is 0 Å². The van der Waals surface area contributed by atoms with E-state index in [9.17, 15) is 0 Å². The molecule has 0 amide bonds. The molecule has 0 atom stereocenters. The average molecular weight is 229 g/mol. The van der Waals surface area contributed by atoms with Crippen molar-refractivity contribution < 1.29 is 24.3 Å². The number of carbonyl (C=O) groups is 2. The summed E-state index contributed by atoms with van der Waals surface area (Å²) in [6.45, 7) is 2.53. The smallest absolute Gasteiger partial charge is 0.373 e. The summed E-state index contributed by atoms with van der Waals surface area (Å²) in [6, 6.07) is 0. The fourth-order valence-corrected chi connectivity index (χ4v) is 0. The fraction of sp³-hybridized carbons (Fsp3) is 0.667. The Labute approximate surface area is 93.3 Å². The molecule has 0 aliphatic heterocycles. The highest BCUT2D eigenvalue weighted by Crippen LogP contribution is 1.42. The van der Waals surface area contributed by atoms with Gasteiger partial charge in [-0.05, 0) is 6.92 Å². The largest absolute Gasteiger partial charge is 0.481 e. The van der Waals surface area contributed by atoms with Crippen LogP contribution in [0.15, 0.2) is 0 Å². The van der Waals surface area contributed by atoms with Crippen molar-refractivity contribution in [3.63, 3.8) is 0 Å². The van der Waals surface area contributed by atoms with Gasteiger partial charge in [-0.2, -0.15) is 9.59 Å². The Morgan fingerprint density at radius 1 is 1.13 bits per heavy atom. The number of aldehydes is 1. The van der Waals surface area contributed by atoms with Gasteiger partial charge in [-0.15, -0.1) is 0 Å². The van der Waals surface area contributed by atoms with E-state index in [0.29, 0.717) is 0 Å². The summed E-state index contributed by atoms with van der Waals surface area (Å²) < 4.78 is 0. The van der Waals surface area contributed by atoms with Gasteiger partial charge in [-0.3, -0.25) is 4.79 Å². The summed E-state index contributed by atoms with van der Waals surface area (Å²) in [6.07, 6.45) is 1.00. The number of aliphatic carboxylic acids is 1. The highest BCUT2D eigenvalue weighted by atomic mass is 16.4. The molecule has 15 heavy (non-hydrogen) atoms. The van der Waals surface area contributed by atoms with Gasteiger partial charge in [0.15, 0.2) is 0 Å². The lowest BCUT2D eigenvalue weighted by atomic mass is 10.9. The molecule has 98 valence electrons. The van der Waals surface area contributed by atoms with Crippen molar-refractivity contribution in [1.29, 1.82) is 0 Å². The van der Waals surface area contributed by atoms with Crippen LogP contribution >= 0.6 is 0 Å². The molecular formula is C9H27NO5. The first-order chi connectivity index (χ1) is 4.56. The Balaban J connectivity index is -0.00000000707. The van der Waals surface area contributed by atoms with E-state index >= 15 is 0 Å². The van der Waals surface area contributed by atoms with Gasteiger partial charge in [-0.1, -0.05) is 29.7 Å². The molecule has 0 aliphatic carbocycles. The van der Waals surface area contributed by atoms with Crippen molar-refractivity contribution in [3.8, 4) is 0 Å². The Morgan fingerprint density at radius 3 is 1.13 bits per heavy atom. The lowest BCUT2D eigenvalue weighted by Crippen LogP contribution is -1.78. The SMILES string of the molecule is C.C.C.C.CC(=O)O.CC=O.N.O=C=O. The van der Waals surface area contributed by atoms with Crippen LogP contribution in [0.2, 0.25) is 0 Å². The van der Waals surface area contributed by atoms with Crippen LogP contribution in [0.3, 0.4) is 0 Å². The molecule has 0 heterocycles. The van der Waals surface area contributed by atoms with E-state index < -0.39 is 5.97 Å². The third kappa shape index (κ3) is 593. The van der Waals surface area contributed by atoms with E-state index in [1.165, 1.54) is 6.92 Å². The van der Waals surface area contributed by atoms with E-state index in [2.05, 4.69) is 0 Å². The Hall–Kier alpha value is -1.52. The van der Waals surface area contributed by atoms with Crippen molar-refractivity contribution >= 4 is 18.4 Å². The van der Waals surface area contributed by atoms with Gasteiger partial charge in [0, 0.05) is 6.92 Å². The maximum absolute atomic E-state index is 9.00. The van der Waals surface area contributed by atoms with Gasteiger partial charge in [0.05, 0.1) is 0 Å². The molecule has 0 bridgehead atoms. The summed E-state index contributed by atoms with van der Waals surface area (Å²) in [5.74, 6) is -0.833. The van der Waals surface area contributed by atoms with Crippen LogP contribution < -0.4 is 6.15 Å². The molecule has 0 unspecified atom stereocenters. The average Bonchev–Trinajstić information content (AvgIpc) is 1.65. The first-order valence-corrected chi connectivity index (χ1v) is 2.15. The minimum absolute atomic E-state index is 0. The fourth-order valence-electron chi connectivity index (χ4n) is 0. The maximum atomic E-state index is 9.00. The highest BCUT2D eigenvalue weighted by molar-refractivity contribution is 5.62. The van der Waals surface area contributed by atoms with Crippen molar-refractivity contribution in [2.75, 3.05) is 0 Å². The third-order valence-electron chi connectivity index (χ3n) is 0. The van der Waals surface area contributed by atoms with Crippen molar-refractivity contribution in [3.05, 3.63) is 0 Å². The summed E-state index contributed by atoms with van der Waals surface area (Å²) in [7, 11) is 0. The molecule has 4 N–H and O–H groups in total. The van der Waals surface area contributed by atoms with Crippen LogP contribution in [0.5, 0.6) is 0 Å². The second kappa shape index (κ2) is 136. The normalized spacial score (nSPS) is 3.07. The Morgan fingerprint density at radius 2 is 1.13 bits per heavy atom. The molecule has 0 aromatic rings. The predicted molar refractivity (Wildman–Crippen MR) is 62.0 cm³/mol. The van der Waals surface area contributed by atoms with Gasteiger partial charge < -0.3 is 16.1 Å². The molecule has 0 radical (unpaired) electrons. The van der Waals surface area contributed by atoms with E-state index in [0.717, 1.165) is 13.2 Å². The Kier molecular flexibility index (Phi) is 633. The third-order valence-corrected chi connectivity index (χ3v) is 0. The first-order valence-electron chi connectivity index (χ1n) is 2.15. The molecule has 0 fully saturated rings. The van der Waals surface area contributed by atoms with Crippen molar-refractivity contribution in [2.24, 2.45) is 0 Å². The lowest BCUT2D eigenvalue weighted by Gasteiger charge is -1.59. The van der Waals surface area contributed by atoms with Gasteiger partial charge in [0.25, 0.3) is 5.97 Å². The zero-order valence-corrected chi connectivity index (χ0v) is 6.36. The standard InChI is InChI=1S/C2H4O2.C2H4O.CO2.4CH4.H3N/c1-2(3)4;1-2-3;2-1-3;;;;;/h1H3,(H,3,4);2H,1H3;;4*1H4;1H3. The molecule has 0 saturated heterocycles. The van der Waals surface area contributed by atoms with Gasteiger partial charge in [-0.25, -0.2) is 0 Å². The number of hydrogen-bond donors (Lipinski definition) is 2. The molecule has 0 aromatic carbocycles. The topological polar surface area (TPSA) is 124 Å². The summed E-state index contributed by atoms with van der Waals surface area (Å²) in [4.78, 5) is 34.1. The number of hydrogen-bond acceptors (Lipinski definition) is 5. The summed E-state index contributed by atoms with van der Waals surface area (Å²) in [5.41, 5.74) is 0. The molecule has 6 heteroatoms. The zero-order chi connectivity index (χ0) is 8.99. The van der Waals surface area contributed by atoms with E-state index in [1.807, 2.05) is 0 Å². The summed E-state index contributed by atoms with van der Waals surface area (Å²) in [5, 5.41) is 7.42. The van der Waals surface area contributed by atoms with Gasteiger partial charge >= 0.3 is 6.15 Å². The monoisotopic (exact) mass is 229 g/mol. The minimum atomic E-state index is -0.833. The van der Waals surface area contributed by atoms with Crippen LogP contribution in [0.1, 0.15) is 43.6 Å². The second-order valence-corrected chi connectivity index (χ2v) is 0.838. The number of carboxylic acids is 1. The maximum Gasteiger partial charge on any atom is 0.373 e. The van der Waals surface area contributed by atoms with Gasteiger partial charge in [0.1, 0.15) is 6.29 Å². The van der Waals surface area contributed by atoms with Crippen molar-refractivity contribution in [1.82, 2.24) is 6.15 Å². The second-order valence-electron chi connectivity index (χ2n) is 0.838. The zero-order valence-electron chi connectivity index (χ0n) is 6.36. The number of carbonyl (C=O) groups excluding carboxylic acids is 3. The summed E-state index contributed by atoms with van der Waals surface area (Å²) >= 11 is 0. The van der Waals surface area contributed by atoms with Crippen LogP contribution in [0, 0.1) is 0 Å². The first kappa shape index (κ1) is 69.9. The van der Waals surface area contributed by atoms with Crippen LogP contribution in [-0.2, 0) is 19.2 Å². The van der Waals surface area contributed by atoms with E-state index in [4.69, 9.17) is 24.3 Å². The van der Waals surface area contributed by atoms with Crippen molar-refractivity contribution in [2.45, 2.75) is 43.6 Å². The minimum Gasteiger partial charge on any atom is -0.481 e. The van der Waals surface area contributed by atoms with Gasteiger partial charge in [0.2, 0.25) is 0 Å². The molecule has 0 saturated carbocycles. The molecule has 0 aromatic heterocycles. The Bertz CT molecular complexity index is 116. The molecule has 6 nitrogen and oxygen atoms in total. The van der Waals surface area contributed by atoms with Crippen LogP contribution in [0.25, 0.3) is 0 Å². The molecule has 0 rings (SSSR count).